The summed E-state index contributed by atoms with van der Waals surface area (Å²) in [7, 11) is 0. The Bertz CT molecular complexity index is 954. The summed E-state index contributed by atoms with van der Waals surface area (Å²) in [5, 5.41) is 11.5. The lowest BCUT2D eigenvalue weighted by Gasteiger charge is -2.11. The van der Waals surface area contributed by atoms with E-state index in [1.807, 2.05) is 38.2 Å². The fourth-order valence-corrected chi connectivity index (χ4v) is 3.01. The van der Waals surface area contributed by atoms with Crippen molar-refractivity contribution in [2.45, 2.75) is 20.4 Å². The van der Waals surface area contributed by atoms with Crippen molar-refractivity contribution in [3.63, 3.8) is 0 Å². The first-order valence-corrected chi connectivity index (χ1v) is 8.82. The molecule has 1 heterocycles. The van der Waals surface area contributed by atoms with Crippen LogP contribution < -0.4 is 10.6 Å². The Labute approximate surface area is 162 Å². The van der Waals surface area contributed by atoms with Crippen molar-refractivity contribution in [2.24, 2.45) is 0 Å². The first-order chi connectivity index (χ1) is 12.4. The van der Waals surface area contributed by atoms with Crippen molar-refractivity contribution in [3.05, 3.63) is 76.2 Å². The molecular formula is C19H18ClFN4S. The number of rotatable bonds is 4. The molecule has 7 heteroatoms. The van der Waals surface area contributed by atoms with Gasteiger partial charge in [-0.3, -0.25) is 4.68 Å². The molecule has 3 aromatic rings. The Kier molecular flexibility index (Phi) is 5.54. The summed E-state index contributed by atoms with van der Waals surface area (Å²) in [6.07, 6.45) is 1.81. The number of aromatic nitrogens is 2. The first-order valence-electron chi connectivity index (χ1n) is 8.03. The highest BCUT2D eigenvalue weighted by atomic mass is 35.5. The van der Waals surface area contributed by atoms with E-state index in [0.717, 1.165) is 16.8 Å². The Morgan fingerprint density at radius 3 is 2.69 bits per heavy atom. The van der Waals surface area contributed by atoms with Gasteiger partial charge in [0.05, 0.1) is 6.54 Å². The molecule has 0 spiro atoms. The smallest absolute Gasteiger partial charge is 0.176 e. The van der Waals surface area contributed by atoms with Crippen LogP contribution in [0.25, 0.3) is 0 Å². The first kappa shape index (κ1) is 18.4. The van der Waals surface area contributed by atoms with Gasteiger partial charge in [-0.1, -0.05) is 35.4 Å². The molecule has 1 aromatic heterocycles. The molecule has 0 atom stereocenters. The fraction of sp³-hybridized carbons (Fsp3) is 0.158. The Hall–Kier alpha value is -2.44. The van der Waals surface area contributed by atoms with Gasteiger partial charge >= 0.3 is 0 Å². The maximum absolute atomic E-state index is 13.1. The zero-order valence-electron chi connectivity index (χ0n) is 14.4. The third kappa shape index (κ3) is 4.59. The van der Waals surface area contributed by atoms with Gasteiger partial charge in [-0.2, -0.15) is 5.10 Å². The van der Waals surface area contributed by atoms with Gasteiger partial charge in [0, 0.05) is 23.0 Å². The molecular weight excluding hydrogens is 371 g/mol. The minimum absolute atomic E-state index is 0.357. The lowest BCUT2D eigenvalue weighted by atomic mass is 10.1. The van der Waals surface area contributed by atoms with Crippen LogP contribution in [-0.2, 0) is 6.54 Å². The number of nitrogens with zero attached hydrogens (tertiary/aromatic N) is 2. The normalized spacial score (nSPS) is 10.6. The topological polar surface area (TPSA) is 41.9 Å². The fourth-order valence-electron chi connectivity index (χ4n) is 2.56. The lowest BCUT2D eigenvalue weighted by molar-refractivity contribution is 0.624. The summed E-state index contributed by atoms with van der Waals surface area (Å²) < 4.78 is 14.8. The number of halogens is 2. The summed E-state index contributed by atoms with van der Waals surface area (Å²) in [5.41, 5.74) is 4.06. The molecule has 0 bridgehead atoms. The van der Waals surface area contributed by atoms with Crippen LogP contribution in [0.3, 0.4) is 0 Å². The average molecular weight is 389 g/mol. The summed E-state index contributed by atoms with van der Waals surface area (Å²) in [5.74, 6) is 0.259. The van der Waals surface area contributed by atoms with Crippen LogP contribution in [0.15, 0.2) is 48.7 Å². The molecule has 0 fully saturated rings. The third-order valence-corrected chi connectivity index (χ3v) is 4.42. The third-order valence-electron chi connectivity index (χ3n) is 3.86. The van der Waals surface area contributed by atoms with E-state index in [4.69, 9.17) is 23.8 Å². The van der Waals surface area contributed by atoms with Gasteiger partial charge in [-0.15, -0.1) is 0 Å². The standard InChI is InChI=1S/C19H18ClFN4S/c1-12-3-6-17(13(2)9-12)22-19(26)23-18-7-8-25(24-18)11-14-4-5-15(21)10-16(14)20/h3-10H,11H2,1-2H3,(H2,22,23,24,26). The minimum Gasteiger partial charge on any atom is -0.332 e. The molecule has 2 N–H and O–H groups in total. The van der Waals surface area contributed by atoms with Crippen LogP contribution >= 0.6 is 23.8 Å². The van der Waals surface area contributed by atoms with Crippen LogP contribution in [-0.4, -0.2) is 14.9 Å². The summed E-state index contributed by atoms with van der Waals surface area (Å²) in [4.78, 5) is 0. The molecule has 4 nitrogen and oxygen atoms in total. The van der Waals surface area contributed by atoms with Crippen molar-refractivity contribution in [1.82, 2.24) is 9.78 Å². The second-order valence-electron chi connectivity index (χ2n) is 6.03. The number of hydrogen-bond acceptors (Lipinski definition) is 2. The predicted molar refractivity (Wildman–Crippen MR) is 108 cm³/mol. The van der Waals surface area contributed by atoms with E-state index in [2.05, 4.69) is 21.8 Å². The van der Waals surface area contributed by atoms with Gasteiger partial charge in [-0.25, -0.2) is 4.39 Å². The Morgan fingerprint density at radius 2 is 1.96 bits per heavy atom. The number of thiocarbonyl (C=S) groups is 1. The molecule has 0 radical (unpaired) electrons. The van der Waals surface area contributed by atoms with Crippen molar-refractivity contribution < 1.29 is 4.39 Å². The highest BCUT2D eigenvalue weighted by molar-refractivity contribution is 7.80. The molecule has 0 aliphatic heterocycles. The lowest BCUT2D eigenvalue weighted by Crippen LogP contribution is -2.20. The second-order valence-corrected chi connectivity index (χ2v) is 6.85. The molecule has 0 saturated carbocycles. The molecule has 2 aromatic carbocycles. The van der Waals surface area contributed by atoms with Crippen molar-refractivity contribution in [2.75, 3.05) is 10.6 Å². The molecule has 0 aliphatic carbocycles. The van der Waals surface area contributed by atoms with Crippen LogP contribution in [0.5, 0.6) is 0 Å². The van der Waals surface area contributed by atoms with E-state index in [-0.39, 0.29) is 5.82 Å². The van der Waals surface area contributed by atoms with Crippen molar-refractivity contribution >= 4 is 40.4 Å². The Balaban J connectivity index is 1.63. The van der Waals surface area contributed by atoms with Crippen molar-refractivity contribution in [3.8, 4) is 0 Å². The van der Waals surface area contributed by atoms with E-state index in [0.29, 0.717) is 22.5 Å². The number of nitrogens with one attached hydrogen (secondary N) is 2. The van der Waals surface area contributed by atoms with E-state index in [9.17, 15) is 4.39 Å². The molecule has 26 heavy (non-hydrogen) atoms. The van der Waals surface area contributed by atoms with Crippen molar-refractivity contribution in [1.29, 1.82) is 0 Å². The number of anilines is 2. The van der Waals surface area contributed by atoms with E-state index in [1.165, 1.54) is 17.7 Å². The molecule has 0 amide bonds. The van der Waals surface area contributed by atoms with Gasteiger partial charge < -0.3 is 10.6 Å². The summed E-state index contributed by atoms with van der Waals surface area (Å²) >= 11 is 11.4. The zero-order chi connectivity index (χ0) is 18.7. The SMILES string of the molecule is Cc1ccc(NC(=S)Nc2ccn(Cc3ccc(F)cc3Cl)n2)c(C)c1. The molecule has 0 saturated heterocycles. The van der Waals surface area contributed by atoms with Gasteiger partial charge in [0.2, 0.25) is 0 Å². The molecule has 3 rings (SSSR count). The minimum atomic E-state index is -0.357. The average Bonchev–Trinajstić information content (AvgIpc) is 3.00. The van der Waals surface area contributed by atoms with Crippen LogP contribution in [0.1, 0.15) is 16.7 Å². The highest BCUT2D eigenvalue weighted by Crippen LogP contribution is 2.19. The Morgan fingerprint density at radius 1 is 1.15 bits per heavy atom. The quantitative estimate of drug-likeness (QED) is 0.606. The van der Waals surface area contributed by atoms with E-state index in [1.54, 1.807) is 10.7 Å². The monoisotopic (exact) mass is 388 g/mol. The zero-order valence-corrected chi connectivity index (χ0v) is 16.0. The number of benzene rings is 2. The van der Waals surface area contributed by atoms with Gasteiger partial charge in [0.15, 0.2) is 10.9 Å². The number of hydrogen-bond donors (Lipinski definition) is 2. The largest absolute Gasteiger partial charge is 0.332 e. The van der Waals surface area contributed by atoms with E-state index >= 15 is 0 Å². The highest BCUT2D eigenvalue weighted by Gasteiger charge is 2.07. The molecule has 134 valence electrons. The summed E-state index contributed by atoms with van der Waals surface area (Å²) in [6.45, 7) is 4.52. The second kappa shape index (κ2) is 7.85. The van der Waals surface area contributed by atoms with Gasteiger partial charge in [-0.05, 0) is 55.4 Å². The molecule has 0 unspecified atom stereocenters. The number of aryl methyl sites for hydroxylation is 2. The maximum Gasteiger partial charge on any atom is 0.176 e. The van der Waals surface area contributed by atoms with Gasteiger partial charge in [0.1, 0.15) is 5.82 Å². The van der Waals surface area contributed by atoms with E-state index < -0.39 is 0 Å². The van der Waals surface area contributed by atoms with Crippen LogP contribution in [0.2, 0.25) is 5.02 Å². The molecule has 0 aliphatic rings. The van der Waals surface area contributed by atoms with Crippen LogP contribution in [0, 0.1) is 19.7 Å². The summed E-state index contributed by atoms with van der Waals surface area (Å²) in [6, 6.07) is 12.3. The van der Waals surface area contributed by atoms with Crippen LogP contribution in [0.4, 0.5) is 15.9 Å². The predicted octanol–water partition coefficient (Wildman–Crippen LogP) is 5.15. The maximum atomic E-state index is 13.1. The van der Waals surface area contributed by atoms with Gasteiger partial charge in [0.25, 0.3) is 0 Å².